The summed E-state index contributed by atoms with van der Waals surface area (Å²) in [6.45, 7) is 1.02. The van der Waals surface area contributed by atoms with E-state index in [1.54, 1.807) is 12.1 Å². The lowest BCUT2D eigenvalue weighted by Crippen LogP contribution is -2.26. The minimum absolute atomic E-state index is 0.0329. The largest absolute Gasteiger partial charge is 0.389 e. The highest BCUT2D eigenvalue weighted by molar-refractivity contribution is 5.95. The molecule has 118 valence electrons. The normalized spacial score (nSPS) is 11.4. The Kier molecular flexibility index (Phi) is 7.22. The molecule has 1 aromatic carbocycles. The van der Waals surface area contributed by atoms with Gasteiger partial charge in [-0.05, 0) is 44.5 Å². The molecule has 0 aliphatic rings. The van der Waals surface area contributed by atoms with Crippen molar-refractivity contribution in [1.82, 2.24) is 10.6 Å². The first-order valence-electron chi connectivity index (χ1n) is 7.01. The zero-order valence-electron chi connectivity index (χ0n) is 12.1. The van der Waals surface area contributed by atoms with Crippen LogP contribution in [-0.2, 0) is 6.42 Å². The first-order chi connectivity index (χ1) is 9.94. The van der Waals surface area contributed by atoms with E-state index in [-0.39, 0.29) is 18.9 Å². The third-order valence-corrected chi connectivity index (χ3v) is 3.08. The Morgan fingerprint density at radius 1 is 1.14 bits per heavy atom. The summed E-state index contributed by atoms with van der Waals surface area (Å²) in [5, 5.41) is 5.69. The van der Waals surface area contributed by atoms with E-state index in [4.69, 9.17) is 0 Å². The molecule has 21 heavy (non-hydrogen) atoms. The van der Waals surface area contributed by atoms with Gasteiger partial charge < -0.3 is 10.6 Å². The lowest BCUT2D eigenvalue weighted by atomic mass is 10.0. The van der Waals surface area contributed by atoms with Gasteiger partial charge in [-0.25, -0.2) is 0 Å². The Balaban J connectivity index is 2.41. The molecule has 0 unspecified atom stereocenters. The Labute approximate surface area is 122 Å². The van der Waals surface area contributed by atoms with Crippen LogP contribution in [0.2, 0.25) is 0 Å². The van der Waals surface area contributed by atoms with Crippen LogP contribution in [0.25, 0.3) is 0 Å². The molecule has 3 nitrogen and oxygen atoms in total. The molecule has 0 aliphatic heterocycles. The fourth-order valence-corrected chi connectivity index (χ4v) is 1.97. The molecule has 0 bridgehead atoms. The molecule has 0 fully saturated rings. The van der Waals surface area contributed by atoms with Crippen molar-refractivity contribution in [3.8, 4) is 0 Å². The van der Waals surface area contributed by atoms with Gasteiger partial charge in [0.05, 0.1) is 0 Å². The maximum atomic E-state index is 12.0. The van der Waals surface area contributed by atoms with Crippen LogP contribution >= 0.6 is 0 Å². The second kappa shape index (κ2) is 8.67. The van der Waals surface area contributed by atoms with Gasteiger partial charge in [0.15, 0.2) is 0 Å². The fraction of sp³-hybridized carbons (Fsp3) is 0.533. The van der Waals surface area contributed by atoms with Crippen molar-refractivity contribution >= 4 is 5.91 Å². The predicted molar refractivity (Wildman–Crippen MR) is 76.3 cm³/mol. The average molecular weight is 302 g/mol. The average Bonchev–Trinajstić information content (AvgIpc) is 2.43. The van der Waals surface area contributed by atoms with Gasteiger partial charge in [-0.3, -0.25) is 4.79 Å². The minimum atomic E-state index is -4.12. The number of hydrogen-bond acceptors (Lipinski definition) is 2. The summed E-state index contributed by atoms with van der Waals surface area (Å²) in [4.78, 5) is 12.0. The van der Waals surface area contributed by atoms with Gasteiger partial charge >= 0.3 is 6.18 Å². The van der Waals surface area contributed by atoms with Crippen molar-refractivity contribution in [3.05, 3.63) is 35.4 Å². The van der Waals surface area contributed by atoms with E-state index in [1.807, 2.05) is 19.2 Å². The molecule has 0 heterocycles. The summed E-state index contributed by atoms with van der Waals surface area (Å²) in [6.07, 6.45) is -3.84. The summed E-state index contributed by atoms with van der Waals surface area (Å²) in [6, 6.07) is 7.26. The fourth-order valence-electron chi connectivity index (χ4n) is 1.97. The number of alkyl halides is 3. The SMILES string of the molecule is CNCCc1ccccc1C(=O)NCCCCC(F)(F)F. The second-order valence-corrected chi connectivity index (χ2v) is 4.84. The number of hydrogen-bond donors (Lipinski definition) is 2. The van der Waals surface area contributed by atoms with E-state index in [9.17, 15) is 18.0 Å². The van der Waals surface area contributed by atoms with Crippen LogP contribution in [0, 0.1) is 0 Å². The van der Waals surface area contributed by atoms with E-state index in [2.05, 4.69) is 10.6 Å². The highest BCUT2D eigenvalue weighted by Gasteiger charge is 2.25. The minimum Gasteiger partial charge on any atom is -0.352 e. The molecule has 1 aromatic rings. The lowest BCUT2D eigenvalue weighted by molar-refractivity contribution is -0.135. The molecule has 2 N–H and O–H groups in total. The number of carbonyl (C=O) groups excluding carboxylic acids is 1. The Morgan fingerprint density at radius 2 is 1.86 bits per heavy atom. The summed E-state index contributed by atoms with van der Waals surface area (Å²) in [5.41, 5.74) is 1.52. The smallest absolute Gasteiger partial charge is 0.352 e. The van der Waals surface area contributed by atoms with Crippen LogP contribution in [0.3, 0.4) is 0 Å². The first kappa shape index (κ1) is 17.5. The summed E-state index contributed by atoms with van der Waals surface area (Å²) in [7, 11) is 1.84. The number of amides is 1. The number of carbonyl (C=O) groups is 1. The number of benzene rings is 1. The van der Waals surface area contributed by atoms with Gasteiger partial charge in [-0.2, -0.15) is 13.2 Å². The molecule has 0 radical (unpaired) electrons. The third kappa shape index (κ3) is 7.13. The molecule has 0 saturated heterocycles. The number of likely N-dealkylation sites (N-methyl/N-ethyl adjacent to an activating group) is 1. The Morgan fingerprint density at radius 3 is 2.52 bits per heavy atom. The van der Waals surface area contributed by atoms with Crippen molar-refractivity contribution in [2.45, 2.75) is 31.9 Å². The molecule has 1 amide bonds. The summed E-state index contributed by atoms with van der Waals surface area (Å²) in [5.74, 6) is -0.228. The van der Waals surface area contributed by atoms with Gasteiger partial charge in [-0.15, -0.1) is 0 Å². The second-order valence-electron chi connectivity index (χ2n) is 4.84. The van der Waals surface area contributed by atoms with E-state index < -0.39 is 12.6 Å². The van der Waals surface area contributed by atoms with E-state index in [0.717, 1.165) is 18.5 Å². The Hall–Kier alpha value is -1.56. The van der Waals surface area contributed by atoms with Gasteiger partial charge in [0.25, 0.3) is 5.91 Å². The highest BCUT2D eigenvalue weighted by atomic mass is 19.4. The molecule has 0 spiro atoms. The molecular weight excluding hydrogens is 281 g/mol. The third-order valence-electron chi connectivity index (χ3n) is 3.08. The van der Waals surface area contributed by atoms with Gasteiger partial charge in [-0.1, -0.05) is 18.2 Å². The molecule has 0 aliphatic carbocycles. The highest BCUT2D eigenvalue weighted by Crippen LogP contribution is 2.21. The zero-order chi connectivity index (χ0) is 15.7. The monoisotopic (exact) mass is 302 g/mol. The maximum absolute atomic E-state index is 12.0. The van der Waals surface area contributed by atoms with Gasteiger partial charge in [0, 0.05) is 18.5 Å². The quantitative estimate of drug-likeness (QED) is 0.725. The number of nitrogens with one attached hydrogen (secondary N) is 2. The maximum Gasteiger partial charge on any atom is 0.389 e. The van der Waals surface area contributed by atoms with Crippen LogP contribution in [0.1, 0.15) is 35.2 Å². The van der Waals surface area contributed by atoms with Gasteiger partial charge in [0.2, 0.25) is 0 Å². The molecule has 0 saturated carbocycles. The van der Waals surface area contributed by atoms with Crippen LogP contribution in [0.5, 0.6) is 0 Å². The van der Waals surface area contributed by atoms with Crippen molar-refractivity contribution < 1.29 is 18.0 Å². The van der Waals surface area contributed by atoms with Crippen molar-refractivity contribution in [2.75, 3.05) is 20.1 Å². The standard InChI is InChI=1S/C15H21F3N2O/c1-19-11-8-12-6-2-3-7-13(12)14(21)20-10-5-4-9-15(16,17)18/h2-3,6-7,19H,4-5,8-11H2,1H3,(H,20,21). The molecule has 6 heteroatoms. The Bertz CT molecular complexity index is 447. The first-order valence-corrected chi connectivity index (χ1v) is 7.01. The lowest BCUT2D eigenvalue weighted by Gasteiger charge is -2.10. The van der Waals surface area contributed by atoms with Crippen molar-refractivity contribution in [1.29, 1.82) is 0 Å². The van der Waals surface area contributed by atoms with E-state index in [1.165, 1.54) is 0 Å². The van der Waals surface area contributed by atoms with Crippen LogP contribution in [0.15, 0.2) is 24.3 Å². The van der Waals surface area contributed by atoms with Crippen LogP contribution in [0.4, 0.5) is 13.2 Å². The van der Waals surface area contributed by atoms with Crippen molar-refractivity contribution in [3.63, 3.8) is 0 Å². The van der Waals surface area contributed by atoms with E-state index >= 15 is 0 Å². The summed E-state index contributed by atoms with van der Waals surface area (Å²) >= 11 is 0. The molecule has 0 aromatic heterocycles. The number of halogens is 3. The summed E-state index contributed by atoms with van der Waals surface area (Å²) < 4.78 is 36.0. The van der Waals surface area contributed by atoms with Crippen molar-refractivity contribution in [2.24, 2.45) is 0 Å². The van der Waals surface area contributed by atoms with Crippen LogP contribution in [-0.4, -0.2) is 32.2 Å². The van der Waals surface area contributed by atoms with Gasteiger partial charge in [0.1, 0.15) is 0 Å². The predicted octanol–water partition coefficient (Wildman–Crippen LogP) is 2.91. The van der Waals surface area contributed by atoms with E-state index in [0.29, 0.717) is 12.0 Å². The number of rotatable bonds is 8. The molecule has 0 atom stereocenters. The molecule has 1 rings (SSSR count). The topological polar surface area (TPSA) is 41.1 Å². The number of unbranched alkanes of at least 4 members (excludes halogenated alkanes) is 1. The molecular formula is C15H21F3N2O. The zero-order valence-corrected chi connectivity index (χ0v) is 12.1. The van der Waals surface area contributed by atoms with Crippen LogP contribution < -0.4 is 10.6 Å².